The molecule has 1 aliphatic heterocycles. The number of amides is 1. The molecule has 0 bridgehead atoms. The molecule has 288 valence electrons. The molecule has 2 unspecified atom stereocenters. The third-order valence-corrected chi connectivity index (χ3v) is 10.4. The summed E-state index contributed by atoms with van der Waals surface area (Å²) in [6.07, 6.45) is -6.58. The number of methoxy groups -OCH3 is 2. The number of aromatic nitrogens is 1. The molecule has 1 aliphatic rings. The summed E-state index contributed by atoms with van der Waals surface area (Å²) in [6, 6.07) is 27.9. The lowest BCUT2D eigenvalue weighted by atomic mass is 9.84. The first-order valence-electron chi connectivity index (χ1n) is 17.8. The monoisotopic (exact) mass is 770 g/mol. The molecule has 5 aromatic carbocycles. The van der Waals surface area contributed by atoms with Crippen LogP contribution in [0.2, 0.25) is 0 Å². The van der Waals surface area contributed by atoms with Gasteiger partial charge in [0.25, 0.3) is 5.91 Å². The molecule has 1 saturated heterocycles. The van der Waals surface area contributed by atoms with E-state index in [4.69, 9.17) is 9.47 Å². The Bertz CT molecular complexity index is 2380. The highest BCUT2D eigenvalue weighted by Crippen LogP contribution is 2.42. The highest BCUT2D eigenvalue weighted by atomic mass is 19.4. The fourth-order valence-corrected chi connectivity index (χ4v) is 7.63. The third-order valence-electron chi connectivity index (χ3n) is 10.4. The molecule has 1 fully saturated rings. The standard InChI is InChI=1S/C44H36F6N2O4/c1-55-32-8-5-7-29(24-32)42(54)52-22-21-34(37-26-51(38-11-4-3-9-33(37)38)25-28-15-19-31(20-16-28)44(48,49)50)40(52)41(53)35-10-6-12-39(56-2)36(35)23-27-13-17-30(18-14-27)43(45,46)47/h3-20,24,26,34,40H,21-23,25H2,1-2H3. The van der Waals surface area contributed by atoms with Gasteiger partial charge >= 0.3 is 12.4 Å². The van der Waals surface area contributed by atoms with E-state index in [1.165, 1.54) is 38.5 Å². The first-order chi connectivity index (χ1) is 26.8. The molecule has 2 heterocycles. The molecule has 0 aliphatic carbocycles. The van der Waals surface area contributed by atoms with Crippen LogP contribution in [-0.4, -0.2) is 48.0 Å². The molecule has 7 rings (SSSR count). The minimum Gasteiger partial charge on any atom is -0.497 e. The van der Waals surface area contributed by atoms with Crippen LogP contribution < -0.4 is 9.47 Å². The summed E-state index contributed by atoms with van der Waals surface area (Å²) in [5, 5.41) is 0.827. The number of ketones is 1. The lowest BCUT2D eigenvalue weighted by Gasteiger charge is -2.28. The van der Waals surface area contributed by atoms with Gasteiger partial charge in [0.2, 0.25) is 0 Å². The van der Waals surface area contributed by atoms with Crippen LogP contribution in [-0.2, 0) is 25.3 Å². The molecule has 2 atom stereocenters. The van der Waals surface area contributed by atoms with Crippen LogP contribution >= 0.6 is 0 Å². The van der Waals surface area contributed by atoms with Gasteiger partial charge in [-0.2, -0.15) is 26.3 Å². The van der Waals surface area contributed by atoms with Crippen molar-refractivity contribution in [2.75, 3.05) is 20.8 Å². The van der Waals surface area contributed by atoms with E-state index in [0.717, 1.165) is 40.7 Å². The summed E-state index contributed by atoms with van der Waals surface area (Å²) >= 11 is 0. The zero-order chi connectivity index (χ0) is 39.8. The first kappa shape index (κ1) is 38.2. The van der Waals surface area contributed by atoms with Gasteiger partial charge in [0.15, 0.2) is 5.78 Å². The van der Waals surface area contributed by atoms with Crippen molar-refractivity contribution in [3.8, 4) is 11.5 Å². The zero-order valence-electron chi connectivity index (χ0n) is 30.3. The number of fused-ring (bicyclic) bond motifs is 1. The SMILES string of the molecule is COc1cccc(C(=O)N2CCC(c3cn(Cc4ccc(C(F)(F)F)cc4)c4ccccc34)C2C(=O)c2cccc(OC)c2Cc2ccc(C(F)(F)F)cc2)c1. The molecular weight excluding hydrogens is 734 g/mol. The maximum Gasteiger partial charge on any atom is 0.416 e. The molecule has 56 heavy (non-hydrogen) atoms. The second-order valence-corrected chi connectivity index (χ2v) is 13.7. The maximum atomic E-state index is 15.2. The smallest absolute Gasteiger partial charge is 0.416 e. The Labute approximate surface area is 318 Å². The normalized spacial score (nSPS) is 16.0. The van der Waals surface area contributed by atoms with E-state index in [9.17, 15) is 31.1 Å². The van der Waals surface area contributed by atoms with Crippen molar-refractivity contribution in [1.29, 1.82) is 0 Å². The predicted octanol–water partition coefficient (Wildman–Crippen LogP) is 10.2. The number of alkyl halides is 6. The number of para-hydroxylation sites is 1. The molecule has 0 saturated carbocycles. The number of hydrogen-bond donors (Lipinski definition) is 0. The van der Waals surface area contributed by atoms with Crippen LogP contribution in [0.4, 0.5) is 26.3 Å². The average molecular weight is 771 g/mol. The van der Waals surface area contributed by atoms with Crippen LogP contribution in [0.1, 0.15) is 66.4 Å². The topological polar surface area (TPSA) is 60.8 Å². The van der Waals surface area contributed by atoms with E-state index in [2.05, 4.69) is 0 Å². The Hall–Kier alpha value is -6.04. The van der Waals surface area contributed by atoms with Crippen LogP contribution in [0.5, 0.6) is 11.5 Å². The lowest BCUT2D eigenvalue weighted by Crippen LogP contribution is -2.43. The number of carbonyl (C=O) groups excluding carboxylic acids is 2. The average Bonchev–Trinajstić information content (AvgIpc) is 3.79. The van der Waals surface area contributed by atoms with Crippen molar-refractivity contribution in [1.82, 2.24) is 9.47 Å². The van der Waals surface area contributed by atoms with Gasteiger partial charge < -0.3 is 18.9 Å². The number of hydrogen-bond acceptors (Lipinski definition) is 4. The Morgan fingerprint density at radius 3 is 2.02 bits per heavy atom. The predicted molar refractivity (Wildman–Crippen MR) is 199 cm³/mol. The quantitative estimate of drug-likeness (QED) is 0.103. The molecular formula is C44H36F6N2O4. The van der Waals surface area contributed by atoms with Gasteiger partial charge in [-0.25, -0.2) is 0 Å². The van der Waals surface area contributed by atoms with Gasteiger partial charge in [0, 0.05) is 59.2 Å². The summed E-state index contributed by atoms with van der Waals surface area (Å²) in [4.78, 5) is 31.1. The van der Waals surface area contributed by atoms with Crippen molar-refractivity contribution in [2.24, 2.45) is 0 Å². The van der Waals surface area contributed by atoms with E-state index >= 15 is 4.79 Å². The Morgan fingerprint density at radius 2 is 1.38 bits per heavy atom. The number of likely N-dealkylation sites (tertiary alicyclic amines) is 1. The van der Waals surface area contributed by atoms with Crippen molar-refractivity contribution >= 4 is 22.6 Å². The van der Waals surface area contributed by atoms with E-state index in [-0.39, 0.29) is 36.8 Å². The van der Waals surface area contributed by atoms with Crippen molar-refractivity contribution in [3.63, 3.8) is 0 Å². The number of halogens is 6. The van der Waals surface area contributed by atoms with Gasteiger partial charge in [-0.15, -0.1) is 0 Å². The number of nitrogens with zero attached hydrogens (tertiary/aromatic N) is 2. The van der Waals surface area contributed by atoms with Gasteiger partial charge in [0.05, 0.1) is 25.3 Å². The molecule has 0 spiro atoms. The summed E-state index contributed by atoms with van der Waals surface area (Å²) in [5.74, 6) is -0.438. The second-order valence-electron chi connectivity index (χ2n) is 13.7. The number of ether oxygens (including phenoxy) is 2. The molecule has 1 aromatic heterocycles. The van der Waals surface area contributed by atoms with E-state index in [0.29, 0.717) is 40.2 Å². The van der Waals surface area contributed by atoms with E-state index in [1.54, 1.807) is 47.4 Å². The Kier molecular flexibility index (Phi) is 10.4. The van der Waals surface area contributed by atoms with Crippen LogP contribution in [0.25, 0.3) is 10.9 Å². The number of carbonyl (C=O) groups is 2. The minimum absolute atomic E-state index is 0.0802. The summed E-state index contributed by atoms with van der Waals surface area (Å²) in [7, 11) is 2.94. The lowest BCUT2D eigenvalue weighted by molar-refractivity contribution is -0.138. The Morgan fingerprint density at radius 1 is 0.732 bits per heavy atom. The minimum atomic E-state index is -4.51. The fraction of sp³-hybridized carbons (Fsp3) is 0.227. The van der Waals surface area contributed by atoms with E-state index < -0.39 is 35.4 Å². The maximum absolute atomic E-state index is 15.2. The Balaban J connectivity index is 1.32. The number of rotatable bonds is 10. The fourth-order valence-electron chi connectivity index (χ4n) is 7.63. The molecule has 6 aromatic rings. The molecule has 12 heteroatoms. The van der Waals surface area contributed by atoms with Crippen molar-refractivity contribution < 1.29 is 45.4 Å². The number of Topliss-reactive ketones (excluding diaryl/α,β-unsaturated/α-hetero) is 1. The van der Waals surface area contributed by atoms with Gasteiger partial charge in [0.1, 0.15) is 17.5 Å². The summed E-state index contributed by atoms with van der Waals surface area (Å²) in [5.41, 5.74) is 2.26. The molecule has 0 radical (unpaired) electrons. The number of benzene rings is 5. The second kappa shape index (κ2) is 15.2. The summed E-state index contributed by atoms with van der Waals surface area (Å²) < 4.78 is 93.0. The van der Waals surface area contributed by atoms with Crippen LogP contribution in [0.3, 0.4) is 0 Å². The molecule has 0 N–H and O–H groups in total. The van der Waals surface area contributed by atoms with E-state index in [1.807, 2.05) is 35.0 Å². The highest BCUT2D eigenvalue weighted by Gasteiger charge is 2.45. The third kappa shape index (κ3) is 7.60. The van der Waals surface area contributed by atoms with Crippen LogP contribution in [0, 0.1) is 0 Å². The molecule has 1 amide bonds. The van der Waals surface area contributed by atoms with Crippen molar-refractivity contribution in [3.05, 3.63) is 166 Å². The first-order valence-corrected chi connectivity index (χ1v) is 17.8. The van der Waals surface area contributed by atoms with Gasteiger partial charge in [-0.3, -0.25) is 9.59 Å². The highest BCUT2D eigenvalue weighted by molar-refractivity contribution is 6.07. The zero-order valence-corrected chi connectivity index (χ0v) is 30.3. The van der Waals surface area contributed by atoms with Gasteiger partial charge in [-0.05, 0) is 77.7 Å². The van der Waals surface area contributed by atoms with Crippen molar-refractivity contribution in [2.45, 2.75) is 43.7 Å². The largest absolute Gasteiger partial charge is 0.497 e. The van der Waals surface area contributed by atoms with Crippen LogP contribution in [0.15, 0.2) is 121 Å². The molecule has 6 nitrogen and oxygen atoms in total. The van der Waals surface area contributed by atoms with Gasteiger partial charge in [-0.1, -0.05) is 60.7 Å². The summed E-state index contributed by atoms with van der Waals surface area (Å²) in [6.45, 7) is 0.483.